The summed E-state index contributed by atoms with van der Waals surface area (Å²) in [7, 11) is 0. The average Bonchev–Trinajstić information content (AvgIpc) is 2.38. The smallest absolute Gasteiger partial charge is 0.550 e. The van der Waals surface area contributed by atoms with Crippen molar-refractivity contribution in [1.29, 1.82) is 0 Å². The van der Waals surface area contributed by atoms with E-state index >= 15 is 0 Å². The largest absolute Gasteiger partial charge is 1.00 e. The maximum atomic E-state index is 10.2. The van der Waals surface area contributed by atoms with Crippen LogP contribution in [0.1, 0.15) is 89.9 Å². The average molecular weight is 363 g/mol. The van der Waals surface area contributed by atoms with Gasteiger partial charge in [-0.2, -0.15) is 0 Å². The van der Waals surface area contributed by atoms with E-state index in [9.17, 15) is 19.8 Å². The number of carboxylic acid groups (broad SMARTS) is 2. The van der Waals surface area contributed by atoms with E-state index in [1.807, 2.05) is 0 Å². The molecule has 0 aliphatic heterocycles. The number of carbonyl (C=O) groups excluding carboxylic acids is 2. The van der Waals surface area contributed by atoms with Crippen LogP contribution in [0.25, 0.3) is 0 Å². The summed E-state index contributed by atoms with van der Waals surface area (Å²) in [6.07, 6.45) is 13.5. The van der Waals surface area contributed by atoms with Gasteiger partial charge in [-0.25, -0.2) is 0 Å². The fourth-order valence-corrected chi connectivity index (χ4v) is 2.31. The molecule has 0 aliphatic rings. The van der Waals surface area contributed by atoms with Gasteiger partial charge >= 0.3 is 103 Å². The van der Waals surface area contributed by atoms with E-state index in [2.05, 4.69) is 0 Å². The van der Waals surface area contributed by atoms with Crippen molar-refractivity contribution in [1.82, 2.24) is 0 Å². The van der Waals surface area contributed by atoms with Gasteiger partial charge in [0.2, 0.25) is 0 Å². The van der Waals surface area contributed by atoms with Crippen molar-refractivity contribution in [3.63, 3.8) is 0 Å². The summed E-state index contributed by atoms with van der Waals surface area (Å²) in [6.45, 7) is 0. The first-order valence-electron chi connectivity index (χ1n) is 8.02. The van der Waals surface area contributed by atoms with Gasteiger partial charge < -0.3 is 19.8 Å². The van der Waals surface area contributed by atoms with Gasteiger partial charge in [-0.15, -0.1) is 0 Å². The summed E-state index contributed by atoms with van der Waals surface area (Å²) in [6, 6.07) is 0. The Labute approximate surface area is 220 Å². The Bertz CT molecular complexity index is 235. The Morgan fingerprint density at radius 2 is 0.636 bits per heavy atom. The fourth-order valence-electron chi connectivity index (χ4n) is 2.31. The molecule has 0 radical (unpaired) electrons. The third-order valence-corrected chi connectivity index (χ3v) is 3.51. The van der Waals surface area contributed by atoms with Crippen molar-refractivity contribution in [3.05, 3.63) is 0 Å². The molecule has 0 aromatic rings. The standard InChI is InChI=1S/C16H30O4.2K/c17-15(18)13-11-9-7-5-3-1-2-4-6-8-10-12-14-16(19)20;;/h1-14H2,(H,17,18)(H,19,20);;/q;2*+1/p-2. The Morgan fingerprint density at radius 3 is 0.818 bits per heavy atom. The third kappa shape index (κ3) is 27.1. The van der Waals surface area contributed by atoms with Crippen molar-refractivity contribution in [2.75, 3.05) is 0 Å². The van der Waals surface area contributed by atoms with Crippen molar-refractivity contribution >= 4 is 11.9 Å². The van der Waals surface area contributed by atoms with Gasteiger partial charge in [0.05, 0.1) is 0 Å². The zero-order valence-corrected chi connectivity index (χ0v) is 20.8. The molecule has 0 saturated carbocycles. The number of unbranched alkanes of at least 4 members (excludes halogenated alkanes) is 11. The van der Waals surface area contributed by atoms with Crippen molar-refractivity contribution in [2.45, 2.75) is 89.9 Å². The number of hydrogen-bond donors (Lipinski definition) is 0. The van der Waals surface area contributed by atoms with E-state index in [0.29, 0.717) is 0 Å². The van der Waals surface area contributed by atoms with E-state index in [4.69, 9.17) is 0 Å². The molecular weight excluding hydrogens is 334 g/mol. The zero-order valence-electron chi connectivity index (χ0n) is 14.5. The quantitative estimate of drug-likeness (QED) is 0.219. The van der Waals surface area contributed by atoms with Crippen LogP contribution in [0.15, 0.2) is 0 Å². The van der Waals surface area contributed by atoms with Gasteiger partial charge in [-0.3, -0.25) is 0 Å². The number of aliphatic carboxylic acids is 2. The Morgan fingerprint density at radius 1 is 0.455 bits per heavy atom. The van der Waals surface area contributed by atoms with Crippen molar-refractivity contribution in [3.8, 4) is 0 Å². The first-order chi connectivity index (χ1) is 9.63. The summed E-state index contributed by atoms with van der Waals surface area (Å²) >= 11 is 0. The van der Waals surface area contributed by atoms with E-state index in [1.165, 1.54) is 38.5 Å². The fraction of sp³-hybridized carbons (Fsp3) is 0.875. The number of carboxylic acids is 2. The van der Waals surface area contributed by atoms with Crippen LogP contribution in [0.4, 0.5) is 0 Å². The van der Waals surface area contributed by atoms with Gasteiger partial charge in [0.15, 0.2) is 0 Å². The molecule has 6 heteroatoms. The van der Waals surface area contributed by atoms with E-state index in [1.54, 1.807) is 0 Å². The third-order valence-electron chi connectivity index (χ3n) is 3.51. The molecular formula is C16H28K2O4. The van der Waals surface area contributed by atoms with Crippen LogP contribution in [-0.2, 0) is 9.59 Å². The molecule has 0 aliphatic carbocycles. The Kier molecular flexibility index (Phi) is 30.6. The minimum absolute atomic E-state index is 0. The normalized spacial score (nSPS) is 9.64. The predicted molar refractivity (Wildman–Crippen MR) is 74.7 cm³/mol. The van der Waals surface area contributed by atoms with Gasteiger partial charge in [-0.05, 0) is 25.7 Å². The molecule has 0 spiro atoms. The summed E-state index contributed by atoms with van der Waals surface area (Å²) < 4.78 is 0. The molecule has 0 aromatic carbocycles. The van der Waals surface area contributed by atoms with Crippen molar-refractivity contribution < 1.29 is 123 Å². The second kappa shape index (κ2) is 23.2. The molecule has 0 saturated heterocycles. The molecule has 118 valence electrons. The first-order valence-corrected chi connectivity index (χ1v) is 8.02. The van der Waals surface area contributed by atoms with Gasteiger partial charge in [0, 0.05) is 11.9 Å². The molecule has 0 rings (SSSR count). The minimum atomic E-state index is -0.940. The van der Waals surface area contributed by atoms with E-state index < -0.39 is 11.9 Å². The number of rotatable bonds is 15. The summed E-state index contributed by atoms with van der Waals surface area (Å²) in [5, 5.41) is 20.4. The molecule has 0 atom stereocenters. The topological polar surface area (TPSA) is 80.3 Å². The van der Waals surface area contributed by atoms with E-state index in [-0.39, 0.29) is 116 Å². The number of carbonyl (C=O) groups is 2. The molecule has 0 bridgehead atoms. The van der Waals surface area contributed by atoms with Crippen LogP contribution in [-0.4, -0.2) is 11.9 Å². The number of hydrogen-bond acceptors (Lipinski definition) is 4. The summed E-state index contributed by atoms with van der Waals surface area (Å²) in [4.78, 5) is 20.4. The first kappa shape index (κ1) is 29.0. The Hall–Kier alpha value is 2.21. The molecule has 22 heavy (non-hydrogen) atoms. The molecule has 0 heterocycles. The van der Waals surface area contributed by atoms with E-state index in [0.717, 1.165) is 38.5 Å². The van der Waals surface area contributed by atoms with Crippen LogP contribution in [0.2, 0.25) is 0 Å². The zero-order chi connectivity index (χ0) is 15.1. The molecule has 0 aromatic heterocycles. The summed E-state index contributed by atoms with van der Waals surface area (Å²) in [5.74, 6) is -1.88. The molecule has 0 fully saturated rings. The molecule has 0 N–H and O–H groups in total. The second-order valence-corrected chi connectivity index (χ2v) is 5.49. The van der Waals surface area contributed by atoms with Crippen LogP contribution in [0.5, 0.6) is 0 Å². The van der Waals surface area contributed by atoms with Gasteiger partial charge in [0.25, 0.3) is 0 Å². The monoisotopic (exact) mass is 362 g/mol. The van der Waals surface area contributed by atoms with Crippen LogP contribution < -0.4 is 113 Å². The van der Waals surface area contributed by atoms with Crippen LogP contribution in [0, 0.1) is 0 Å². The summed E-state index contributed by atoms with van der Waals surface area (Å²) in [5.41, 5.74) is 0. The minimum Gasteiger partial charge on any atom is -0.550 e. The second-order valence-electron chi connectivity index (χ2n) is 5.49. The Balaban J connectivity index is -0.00000180. The van der Waals surface area contributed by atoms with Gasteiger partial charge in [-0.1, -0.05) is 64.2 Å². The molecule has 4 nitrogen and oxygen atoms in total. The maximum Gasteiger partial charge on any atom is 1.00 e. The molecule has 0 amide bonds. The van der Waals surface area contributed by atoms with Crippen molar-refractivity contribution in [2.24, 2.45) is 0 Å². The van der Waals surface area contributed by atoms with Crippen LogP contribution in [0.3, 0.4) is 0 Å². The maximum absolute atomic E-state index is 10.2. The van der Waals surface area contributed by atoms with Gasteiger partial charge in [0.1, 0.15) is 0 Å². The predicted octanol–water partition coefficient (Wildman–Crippen LogP) is -4.04. The van der Waals surface area contributed by atoms with Crippen LogP contribution >= 0.6 is 0 Å². The molecule has 0 unspecified atom stereocenters. The SMILES string of the molecule is O=C([O-])CCCCCCCCCCCCCCC(=O)[O-].[K+].[K+].